The summed E-state index contributed by atoms with van der Waals surface area (Å²) < 4.78 is 13.7. The van der Waals surface area contributed by atoms with Gasteiger partial charge < -0.3 is 10.6 Å². The topological polar surface area (TPSA) is 29.3 Å². The molecule has 84 valence electrons. The van der Waals surface area contributed by atoms with Gasteiger partial charge in [0.15, 0.2) is 0 Å². The highest BCUT2D eigenvalue weighted by Gasteiger charge is 2.15. The van der Waals surface area contributed by atoms with E-state index in [1.807, 2.05) is 31.7 Å². The van der Waals surface area contributed by atoms with Crippen LogP contribution in [0.15, 0.2) is 18.2 Å². The van der Waals surface area contributed by atoms with Gasteiger partial charge in [-0.05, 0) is 32.4 Å². The number of hydrogen-bond acceptors (Lipinski definition) is 2. The minimum atomic E-state index is -0.187. The van der Waals surface area contributed by atoms with E-state index in [-0.39, 0.29) is 11.9 Å². The first-order valence-electron chi connectivity index (χ1n) is 5.40. The molecule has 0 fully saturated rings. The summed E-state index contributed by atoms with van der Waals surface area (Å²) in [6.45, 7) is 7.48. The van der Waals surface area contributed by atoms with Gasteiger partial charge >= 0.3 is 0 Å². The van der Waals surface area contributed by atoms with Gasteiger partial charge in [-0.1, -0.05) is 12.1 Å². The zero-order valence-corrected chi connectivity index (χ0v) is 9.63. The average molecular weight is 210 g/mol. The summed E-state index contributed by atoms with van der Waals surface area (Å²) in [5, 5.41) is 0. The quantitative estimate of drug-likeness (QED) is 0.828. The van der Waals surface area contributed by atoms with Crippen molar-refractivity contribution in [3.05, 3.63) is 29.6 Å². The smallest absolute Gasteiger partial charge is 0.146 e. The Morgan fingerprint density at radius 1 is 1.33 bits per heavy atom. The molecule has 0 amide bonds. The van der Waals surface area contributed by atoms with Crippen LogP contribution in [0.3, 0.4) is 0 Å². The fourth-order valence-corrected chi connectivity index (χ4v) is 1.77. The lowest BCUT2D eigenvalue weighted by molar-refractivity contribution is 0.613. The lowest BCUT2D eigenvalue weighted by Gasteiger charge is -2.25. The van der Waals surface area contributed by atoms with Crippen LogP contribution in [-0.2, 0) is 0 Å². The summed E-state index contributed by atoms with van der Waals surface area (Å²) in [7, 11) is 0. The third-order valence-electron chi connectivity index (χ3n) is 2.59. The summed E-state index contributed by atoms with van der Waals surface area (Å²) in [5.74, 6) is -0.187. The van der Waals surface area contributed by atoms with Crippen LogP contribution in [0, 0.1) is 5.82 Å². The van der Waals surface area contributed by atoms with Crippen molar-refractivity contribution in [2.24, 2.45) is 5.73 Å². The second kappa shape index (κ2) is 5.12. The molecule has 0 spiro atoms. The molecule has 0 radical (unpaired) electrons. The standard InChI is InChI=1S/C12H19FN2/c1-4-15(5-2)12-10(9(3)14)7-6-8-11(12)13/h6-9H,4-5,14H2,1-3H3. The molecule has 0 aromatic heterocycles. The Labute approximate surface area is 90.9 Å². The zero-order valence-electron chi connectivity index (χ0n) is 9.63. The van der Waals surface area contributed by atoms with E-state index in [4.69, 9.17) is 5.73 Å². The maximum Gasteiger partial charge on any atom is 0.146 e. The molecule has 0 bridgehead atoms. The second-order valence-corrected chi connectivity index (χ2v) is 3.64. The SMILES string of the molecule is CCN(CC)c1c(F)cccc1C(C)N. The monoisotopic (exact) mass is 210 g/mol. The molecule has 2 nitrogen and oxygen atoms in total. The lowest BCUT2D eigenvalue weighted by Crippen LogP contribution is -2.25. The van der Waals surface area contributed by atoms with E-state index < -0.39 is 0 Å². The Balaban J connectivity index is 3.23. The number of nitrogens with two attached hydrogens (primary N) is 1. The summed E-state index contributed by atoms with van der Waals surface area (Å²) in [4.78, 5) is 1.99. The molecule has 0 aliphatic carbocycles. The fraction of sp³-hybridized carbons (Fsp3) is 0.500. The van der Waals surface area contributed by atoms with Crippen molar-refractivity contribution in [2.75, 3.05) is 18.0 Å². The van der Waals surface area contributed by atoms with E-state index in [1.54, 1.807) is 6.07 Å². The summed E-state index contributed by atoms with van der Waals surface area (Å²) in [6, 6.07) is 4.94. The number of para-hydroxylation sites is 1. The third-order valence-corrected chi connectivity index (χ3v) is 2.59. The number of anilines is 1. The molecule has 1 aromatic rings. The predicted octanol–water partition coefficient (Wildman–Crippen LogP) is 2.69. The Bertz CT molecular complexity index is 319. The molecule has 1 aromatic carbocycles. The van der Waals surface area contributed by atoms with Crippen molar-refractivity contribution in [2.45, 2.75) is 26.8 Å². The van der Waals surface area contributed by atoms with Crippen LogP contribution in [0.1, 0.15) is 32.4 Å². The molecule has 0 saturated carbocycles. The third kappa shape index (κ3) is 2.48. The predicted molar refractivity (Wildman–Crippen MR) is 62.6 cm³/mol. The van der Waals surface area contributed by atoms with Crippen LogP contribution in [0.4, 0.5) is 10.1 Å². The van der Waals surface area contributed by atoms with Gasteiger partial charge in [-0.25, -0.2) is 4.39 Å². The van der Waals surface area contributed by atoms with Crippen LogP contribution >= 0.6 is 0 Å². The van der Waals surface area contributed by atoms with Crippen molar-refractivity contribution < 1.29 is 4.39 Å². The Morgan fingerprint density at radius 2 is 1.93 bits per heavy atom. The van der Waals surface area contributed by atoms with E-state index in [2.05, 4.69) is 0 Å². The normalized spacial score (nSPS) is 12.6. The van der Waals surface area contributed by atoms with E-state index in [9.17, 15) is 4.39 Å². The van der Waals surface area contributed by atoms with E-state index in [0.29, 0.717) is 5.69 Å². The minimum absolute atomic E-state index is 0.142. The molecule has 0 aliphatic rings. The van der Waals surface area contributed by atoms with Crippen molar-refractivity contribution >= 4 is 5.69 Å². The number of nitrogens with zero attached hydrogens (tertiary/aromatic N) is 1. The van der Waals surface area contributed by atoms with Gasteiger partial charge in [0.25, 0.3) is 0 Å². The average Bonchev–Trinajstić information content (AvgIpc) is 2.21. The lowest BCUT2D eigenvalue weighted by atomic mass is 10.1. The Morgan fingerprint density at radius 3 is 2.40 bits per heavy atom. The highest BCUT2D eigenvalue weighted by atomic mass is 19.1. The molecule has 1 unspecified atom stereocenters. The zero-order chi connectivity index (χ0) is 11.4. The number of hydrogen-bond donors (Lipinski definition) is 1. The van der Waals surface area contributed by atoms with E-state index in [0.717, 1.165) is 18.7 Å². The molecule has 2 N–H and O–H groups in total. The number of halogens is 1. The molecule has 1 rings (SSSR count). The van der Waals surface area contributed by atoms with Crippen LogP contribution < -0.4 is 10.6 Å². The highest BCUT2D eigenvalue weighted by molar-refractivity contribution is 5.55. The van der Waals surface area contributed by atoms with E-state index in [1.165, 1.54) is 6.07 Å². The van der Waals surface area contributed by atoms with Gasteiger partial charge in [0.2, 0.25) is 0 Å². The molecule has 1 atom stereocenters. The van der Waals surface area contributed by atoms with Crippen molar-refractivity contribution in [3.63, 3.8) is 0 Å². The van der Waals surface area contributed by atoms with Crippen LogP contribution in [0.2, 0.25) is 0 Å². The largest absolute Gasteiger partial charge is 0.369 e. The van der Waals surface area contributed by atoms with Crippen LogP contribution in [-0.4, -0.2) is 13.1 Å². The van der Waals surface area contributed by atoms with Gasteiger partial charge in [0.05, 0.1) is 5.69 Å². The maximum atomic E-state index is 13.7. The molecular weight excluding hydrogens is 191 g/mol. The number of benzene rings is 1. The molecule has 0 aliphatic heterocycles. The summed E-state index contributed by atoms with van der Waals surface area (Å²) >= 11 is 0. The van der Waals surface area contributed by atoms with Gasteiger partial charge in [-0.3, -0.25) is 0 Å². The molecular formula is C12H19FN2. The first-order chi connectivity index (χ1) is 7.11. The van der Waals surface area contributed by atoms with Gasteiger partial charge in [0, 0.05) is 19.1 Å². The van der Waals surface area contributed by atoms with Crippen molar-refractivity contribution in [1.82, 2.24) is 0 Å². The summed E-state index contributed by atoms with van der Waals surface area (Å²) in [5.41, 5.74) is 7.36. The second-order valence-electron chi connectivity index (χ2n) is 3.64. The van der Waals surface area contributed by atoms with E-state index >= 15 is 0 Å². The van der Waals surface area contributed by atoms with Crippen molar-refractivity contribution in [1.29, 1.82) is 0 Å². The van der Waals surface area contributed by atoms with Gasteiger partial charge in [-0.15, -0.1) is 0 Å². The Kier molecular flexibility index (Phi) is 4.09. The minimum Gasteiger partial charge on any atom is -0.369 e. The summed E-state index contributed by atoms with van der Waals surface area (Å²) in [6.07, 6.45) is 0. The molecule has 15 heavy (non-hydrogen) atoms. The van der Waals surface area contributed by atoms with Gasteiger partial charge in [-0.2, -0.15) is 0 Å². The van der Waals surface area contributed by atoms with Gasteiger partial charge in [0.1, 0.15) is 5.82 Å². The maximum absolute atomic E-state index is 13.7. The number of rotatable bonds is 4. The first-order valence-corrected chi connectivity index (χ1v) is 5.40. The van der Waals surface area contributed by atoms with Crippen molar-refractivity contribution in [3.8, 4) is 0 Å². The van der Waals surface area contributed by atoms with Crippen LogP contribution in [0.25, 0.3) is 0 Å². The fourth-order valence-electron chi connectivity index (χ4n) is 1.77. The highest BCUT2D eigenvalue weighted by Crippen LogP contribution is 2.28. The first kappa shape index (κ1) is 12.0. The molecule has 0 saturated heterocycles. The molecule has 3 heteroatoms. The molecule has 0 heterocycles. The van der Waals surface area contributed by atoms with Crippen LogP contribution in [0.5, 0.6) is 0 Å². The Hall–Kier alpha value is -1.09.